The third kappa shape index (κ3) is 6.24. The molecule has 0 saturated carbocycles. The van der Waals surface area contributed by atoms with Crippen molar-refractivity contribution in [3.63, 3.8) is 0 Å². The molecule has 2 aromatic rings. The molecule has 1 fully saturated rings. The standard InChI is InChI=1S/C23H28N2O4S/c1-18(29-23(27)21-10-6-9-20(15-21)17-30(2)28)22(26)25-13-11-24(12-14-25)16-19-7-4-3-5-8-19/h3-10,15,18H,11-14,16-17H2,1-2H3. The zero-order valence-electron chi connectivity index (χ0n) is 17.5. The van der Waals surface area contributed by atoms with E-state index in [1.54, 1.807) is 36.3 Å². The summed E-state index contributed by atoms with van der Waals surface area (Å²) in [6.45, 7) is 5.29. The lowest BCUT2D eigenvalue weighted by Gasteiger charge is -2.35. The molecule has 1 aliphatic rings. The number of esters is 1. The molecular weight excluding hydrogens is 400 g/mol. The number of amides is 1. The van der Waals surface area contributed by atoms with E-state index in [1.807, 2.05) is 24.3 Å². The lowest BCUT2D eigenvalue weighted by molar-refractivity contribution is -0.141. The van der Waals surface area contributed by atoms with Crippen LogP contribution < -0.4 is 0 Å². The van der Waals surface area contributed by atoms with Crippen LogP contribution in [-0.4, -0.2) is 64.4 Å². The van der Waals surface area contributed by atoms with Gasteiger partial charge in [-0.2, -0.15) is 0 Å². The van der Waals surface area contributed by atoms with Gasteiger partial charge in [-0.05, 0) is 30.2 Å². The zero-order valence-corrected chi connectivity index (χ0v) is 18.3. The van der Waals surface area contributed by atoms with Crippen LogP contribution in [0.5, 0.6) is 0 Å². The highest BCUT2D eigenvalue weighted by atomic mass is 32.2. The third-order valence-electron chi connectivity index (χ3n) is 5.10. The first-order valence-electron chi connectivity index (χ1n) is 10.1. The minimum atomic E-state index is -0.993. The molecule has 1 amide bonds. The summed E-state index contributed by atoms with van der Waals surface area (Å²) in [7, 11) is -0.993. The highest BCUT2D eigenvalue weighted by molar-refractivity contribution is 7.83. The van der Waals surface area contributed by atoms with Gasteiger partial charge in [0.15, 0.2) is 6.10 Å². The molecule has 30 heavy (non-hydrogen) atoms. The average molecular weight is 429 g/mol. The van der Waals surface area contributed by atoms with E-state index in [9.17, 15) is 13.8 Å². The smallest absolute Gasteiger partial charge is 0.338 e. The van der Waals surface area contributed by atoms with Crippen LogP contribution in [0.15, 0.2) is 54.6 Å². The van der Waals surface area contributed by atoms with Gasteiger partial charge in [0.2, 0.25) is 0 Å². The average Bonchev–Trinajstić information content (AvgIpc) is 2.74. The Balaban J connectivity index is 1.50. The monoisotopic (exact) mass is 428 g/mol. The van der Waals surface area contributed by atoms with E-state index in [4.69, 9.17) is 4.74 Å². The summed E-state index contributed by atoms with van der Waals surface area (Å²) >= 11 is 0. The molecule has 160 valence electrons. The number of hydrogen-bond acceptors (Lipinski definition) is 5. The van der Waals surface area contributed by atoms with Gasteiger partial charge in [0.1, 0.15) is 0 Å². The Morgan fingerprint density at radius 1 is 1.00 bits per heavy atom. The molecule has 2 unspecified atom stereocenters. The number of ether oxygens (including phenoxy) is 1. The van der Waals surface area contributed by atoms with Crippen molar-refractivity contribution >= 4 is 22.7 Å². The summed E-state index contributed by atoms with van der Waals surface area (Å²) in [6.07, 6.45) is 0.771. The molecule has 1 saturated heterocycles. The summed E-state index contributed by atoms with van der Waals surface area (Å²) < 4.78 is 16.8. The topological polar surface area (TPSA) is 66.9 Å². The predicted molar refractivity (Wildman–Crippen MR) is 117 cm³/mol. The first-order valence-corrected chi connectivity index (χ1v) is 11.8. The molecule has 3 rings (SSSR count). The molecule has 6 nitrogen and oxygen atoms in total. The molecule has 0 aliphatic carbocycles. The molecule has 0 radical (unpaired) electrons. The minimum absolute atomic E-state index is 0.173. The predicted octanol–water partition coefficient (Wildman–Crippen LogP) is 2.45. The van der Waals surface area contributed by atoms with Crippen molar-refractivity contribution in [3.8, 4) is 0 Å². The zero-order chi connectivity index (χ0) is 21.5. The fraction of sp³-hybridized carbons (Fsp3) is 0.391. The maximum absolute atomic E-state index is 12.7. The highest BCUT2D eigenvalue weighted by Gasteiger charge is 2.27. The normalized spacial score (nSPS) is 16.7. The van der Waals surface area contributed by atoms with Crippen molar-refractivity contribution in [2.75, 3.05) is 32.4 Å². The van der Waals surface area contributed by atoms with E-state index >= 15 is 0 Å². The number of piperazine rings is 1. The van der Waals surface area contributed by atoms with Gasteiger partial charge in [-0.1, -0.05) is 42.5 Å². The molecule has 0 spiro atoms. The van der Waals surface area contributed by atoms with Gasteiger partial charge in [-0.3, -0.25) is 13.9 Å². The Labute approximate surface area is 180 Å². The molecule has 1 heterocycles. The Morgan fingerprint density at radius 3 is 2.33 bits per heavy atom. The van der Waals surface area contributed by atoms with E-state index in [2.05, 4.69) is 17.0 Å². The fourth-order valence-electron chi connectivity index (χ4n) is 3.53. The van der Waals surface area contributed by atoms with E-state index < -0.39 is 22.9 Å². The fourth-order valence-corrected chi connectivity index (χ4v) is 4.18. The quantitative estimate of drug-likeness (QED) is 0.634. The summed E-state index contributed by atoms with van der Waals surface area (Å²) in [6, 6.07) is 17.1. The summed E-state index contributed by atoms with van der Waals surface area (Å²) in [4.78, 5) is 29.3. The van der Waals surface area contributed by atoms with Gasteiger partial charge < -0.3 is 9.64 Å². The van der Waals surface area contributed by atoms with Gasteiger partial charge in [0, 0.05) is 55.5 Å². The molecule has 1 aliphatic heterocycles. The first kappa shape index (κ1) is 22.2. The molecule has 0 aromatic heterocycles. The molecule has 2 aromatic carbocycles. The van der Waals surface area contributed by atoms with Crippen LogP contribution in [0.4, 0.5) is 0 Å². The Morgan fingerprint density at radius 2 is 1.67 bits per heavy atom. The molecular formula is C23H28N2O4S. The maximum atomic E-state index is 12.7. The molecule has 0 bridgehead atoms. The number of carbonyl (C=O) groups is 2. The maximum Gasteiger partial charge on any atom is 0.338 e. The van der Waals surface area contributed by atoms with Crippen LogP contribution >= 0.6 is 0 Å². The SMILES string of the molecule is CC(OC(=O)c1cccc(CS(C)=O)c1)C(=O)N1CCN(Cc2ccccc2)CC1. The number of hydrogen-bond donors (Lipinski definition) is 0. The summed E-state index contributed by atoms with van der Waals surface area (Å²) in [5, 5.41) is 0. The van der Waals surface area contributed by atoms with Crippen LogP contribution in [0.3, 0.4) is 0 Å². The van der Waals surface area contributed by atoms with E-state index in [0.717, 1.165) is 25.2 Å². The van der Waals surface area contributed by atoms with Gasteiger partial charge in [0.25, 0.3) is 5.91 Å². The Kier molecular flexibility index (Phi) is 7.76. The number of benzene rings is 2. The number of rotatable bonds is 7. The van der Waals surface area contributed by atoms with Crippen LogP contribution in [-0.2, 0) is 32.6 Å². The Bertz CT molecular complexity index is 895. The minimum Gasteiger partial charge on any atom is -0.449 e. The van der Waals surface area contributed by atoms with Crippen molar-refractivity contribution in [1.82, 2.24) is 9.80 Å². The van der Waals surface area contributed by atoms with Crippen molar-refractivity contribution in [1.29, 1.82) is 0 Å². The van der Waals surface area contributed by atoms with Gasteiger partial charge in [-0.25, -0.2) is 4.79 Å². The lowest BCUT2D eigenvalue weighted by atomic mass is 10.1. The molecule has 7 heteroatoms. The van der Waals surface area contributed by atoms with Crippen LogP contribution in [0, 0.1) is 0 Å². The number of nitrogens with zero attached hydrogens (tertiary/aromatic N) is 2. The van der Waals surface area contributed by atoms with Gasteiger partial charge in [0.05, 0.1) is 5.56 Å². The van der Waals surface area contributed by atoms with Crippen LogP contribution in [0.1, 0.15) is 28.4 Å². The van der Waals surface area contributed by atoms with E-state index in [-0.39, 0.29) is 5.91 Å². The van der Waals surface area contributed by atoms with Crippen LogP contribution in [0.2, 0.25) is 0 Å². The van der Waals surface area contributed by atoms with Crippen LogP contribution in [0.25, 0.3) is 0 Å². The molecule has 2 atom stereocenters. The van der Waals surface area contributed by atoms with Gasteiger partial charge >= 0.3 is 5.97 Å². The van der Waals surface area contributed by atoms with Crippen molar-refractivity contribution in [3.05, 3.63) is 71.3 Å². The largest absolute Gasteiger partial charge is 0.449 e. The second-order valence-electron chi connectivity index (χ2n) is 7.55. The van der Waals surface area contributed by atoms with Gasteiger partial charge in [-0.15, -0.1) is 0 Å². The molecule has 0 N–H and O–H groups in total. The van der Waals surface area contributed by atoms with Crippen molar-refractivity contribution < 1.29 is 18.5 Å². The summed E-state index contributed by atoms with van der Waals surface area (Å²) in [5.74, 6) is -0.334. The van der Waals surface area contributed by atoms with Crippen molar-refractivity contribution in [2.45, 2.75) is 25.3 Å². The third-order valence-corrected chi connectivity index (χ3v) is 5.84. The lowest BCUT2D eigenvalue weighted by Crippen LogP contribution is -2.51. The second kappa shape index (κ2) is 10.5. The first-order chi connectivity index (χ1) is 14.4. The number of carbonyl (C=O) groups excluding carboxylic acids is 2. The Hall–Kier alpha value is -2.51. The summed E-state index contributed by atoms with van der Waals surface area (Å²) in [5.41, 5.74) is 2.43. The van der Waals surface area contributed by atoms with E-state index in [0.29, 0.717) is 24.4 Å². The second-order valence-corrected chi connectivity index (χ2v) is 8.99. The van der Waals surface area contributed by atoms with Crippen molar-refractivity contribution in [2.24, 2.45) is 0 Å². The van der Waals surface area contributed by atoms with E-state index in [1.165, 1.54) is 5.56 Å². The highest BCUT2D eigenvalue weighted by Crippen LogP contribution is 2.13.